The number of rotatable bonds is 8. The minimum atomic E-state index is -0.0244. The van der Waals surface area contributed by atoms with Crippen molar-refractivity contribution in [2.24, 2.45) is 5.92 Å². The molecule has 1 aromatic rings. The Kier molecular flexibility index (Phi) is 6.70. The lowest BCUT2D eigenvalue weighted by Crippen LogP contribution is -2.47. The number of hydrogen-bond donors (Lipinski definition) is 2. The number of fused-ring (bicyclic) bond motifs is 1. The molecule has 6 heteroatoms. The number of nitrogens with one attached hydrogen (secondary N) is 2. The van der Waals surface area contributed by atoms with Crippen LogP contribution in [0.15, 0.2) is 0 Å². The highest BCUT2D eigenvalue weighted by molar-refractivity contribution is 5.74. The number of nitrogens with zero attached hydrogens (tertiary/aromatic N) is 3. The molecule has 3 rings (SSSR count). The highest BCUT2D eigenvalue weighted by Gasteiger charge is 2.27. The zero-order chi connectivity index (χ0) is 17.5. The lowest BCUT2D eigenvalue weighted by molar-refractivity contribution is 0.200. The Balaban J connectivity index is 1.43. The van der Waals surface area contributed by atoms with Gasteiger partial charge < -0.3 is 15.2 Å². The number of carbonyl (C=O) groups excluding carboxylic acids is 1. The van der Waals surface area contributed by atoms with Gasteiger partial charge in [-0.15, -0.1) is 10.2 Å². The summed E-state index contributed by atoms with van der Waals surface area (Å²) in [5, 5.41) is 14.9. The number of carbonyl (C=O) groups is 1. The SMILES string of the molecule is CCCC[C@@H](NC(=O)NCCc1nnc2n1CCCCC2)C1CCC1. The second kappa shape index (κ2) is 9.20. The third-order valence-corrected chi connectivity index (χ3v) is 5.72. The van der Waals surface area contributed by atoms with Crippen LogP contribution in [0, 0.1) is 5.92 Å². The fourth-order valence-corrected chi connectivity index (χ4v) is 3.93. The van der Waals surface area contributed by atoms with E-state index in [0.717, 1.165) is 37.5 Å². The molecule has 1 aliphatic heterocycles. The number of urea groups is 1. The summed E-state index contributed by atoms with van der Waals surface area (Å²) >= 11 is 0. The lowest BCUT2D eigenvalue weighted by Gasteiger charge is -2.34. The van der Waals surface area contributed by atoms with Crippen molar-refractivity contribution in [2.75, 3.05) is 6.54 Å². The first-order valence-electron chi connectivity index (χ1n) is 10.2. The van der Waals surface area contributed by atoms with E-state index in [4.69, 9.17) is 0 Å². The molecule has 0 bridgehead atoms. The van der Waals surface area contributed by atoms with Gasteiger partial charge in [0.05, 0.1) is 0 Å². The van der Waals surface area contributed by atoms with Gasteiger partial charge in [-0.2, -0.15) is 0 Å². The standard InChI is InChI=1S/C19H33N5O/c1-2-3-10-16(15-8-7-9-15)21-19(25)20-13-12-18-23-22-17-11-5-4-6-14-24(17)18/h15-16H,2-14H2,1H3,(H2,20,21,25)/t16-/m1/s1. The molecule has 0 radical (unpaired) electrons. The first-order valence-corrected chi connectivity index (χ1v) is 10.2. The highest BCUT2D eigenvalue weighted by Crippen LogP contribution is 2.31. The summed E-state index contributed by atoms with van der Waals surface area (Å²) in [5.74, 6) is 2.81. The number of amides is 2. The van der Waals surface area contributed by atoms with Gasteiger partial charge in [-0.25, -0.2) is 4.79 Å². The first kappa shape index (κ1) is 18.2. The van der Waals surface area contributed by atoms with Gasteiger partial charge in [-0.05, 0) is 38.0 Å². The predicted octanol–water partition coefficient (Wildman–Crippen LogP) is 3.21. The van der Waals surface area contributed by atoms with E-state index in [1.807, 2.05) is 0 Å². The van der Waals surface area contributed by atoms with Gasteiger partial charge in [0.2, 0.25) is 0 Å². The second-order valence-corrected chi connectivity index (χ2v) is 7.58. The van der Waals surface area contributed by atoms with Crippen molar-refractivity contribution >= 4 is 6.03 Å². The maximum atomic E-state index is 12.3. The average molecular weight is 348 g/mol. The van der Waals surface area contributed by atoms with Crippen molar-refractivity contribution in [3.8, 4) is 0 Å². The summed E-state index contributed by atoms with van der Waals surface area (Å²) in [4.78, 5) is 12.3. The van der Waals surface area contributed by atoms with Crippen molar-refractivity contribution in [3.05, 3.63) is 11.6 Å². The van der Waals surface area contributed by atoms with Gasteiger partial charge in [0, 0.05) is 32.0 Å². The van der Waals surface area contributed by atoms with Gasteiger partial charge in [0.25, 0.3) is 0 Å². The minimum Gasteiger partial charge on any atom is -0.338 e. The Bertz CT molecular complexity index is 552. The molecule has 0 saturated heterocycles. The Morgan fingerprint density at radius 2 is 2.12 bits per heavy atom. The molecular formula is C19H33N5O. The summed E-state index contributed by atoms with van der Waals surface area (Å²) in [6, 6.07) is 0.321. The van der Waals surface area contributed by atoms with Crippen molar-refractivity contribution < 1.29 is 4.79 Å². The number of aryl methyl sites for hydroxylation is 1. The molecule has 2 N–H and O–H groups in total. The number of unbranched alkanes of at least 4 members (excludes halogenated alkanes) is 1. The van der Waals surface area contributed by atoms with Crippen LogP contribution in [0.25, 0.3) is 0 Å². The van der Waals surface area contributed by atoms with E-state index in [1.54, 1.807) is 0 Å². The molecule has 1 fully saturated rings. The molecule has 0 aromatic carbocycles. The van der Waals surface area contributed by atoms with Gasteiger partial charge in [0.15, 0.2) is 0 Å². The smallest absolute Gasteiger partial charge is 0.315 e. The first-order chi connectivity index (χ1) is 12.3. The number of hydrogen-bond acceptors (Lipinski definition) is 3. The van der Waals surface area contributed by atoms with Crippen molar-refractivity contribution in [2.45, 2.75) is 90.1 Å². The Labute approximate surface area is 151 Å². The lowest BCUT2D eigenvalue weighted by atomic mass is 9.78. The molecule has 1 aromatic heterocycles. The molecule has 1 saturated carbocycles. The van der Waals surface area contributed by atoms with E-state index in [0.29, 0.717) is 18.5 Å². The summed E-state index contributed by atoms with van der Waals surface area (Å²) in [7, 11) is 0. The summed E-state index contributed by atoms with van der Waals surface area (Å²) in [5.41, 5.74) is 0. The zero-order valence-electron chi connectivity index (χ0n) is 15.6. The van der Waals surface area contributed by atoms with Crippen LogP contribution < -0.4 is 10.6 Å². The quantitative estimate of drug-likeness (QED) is 0.758. The average Bonchev–Trinajstić information content (AvgIpc) is 2.78. The van der Waals surface area contributed by atoms with Crippen LogP contribution in [0.2, 0.25) is 0 Å². The third kappa shape index (κ3) is 4.95. The normalized spacial score (nSPS) is 18.8. The van der Waals surface area contributed by atoms with Crippen molar-refractivity contribution in [1.82, 2.24) is 25.4 Å². The van der Waals surface area contributed by atoms with E-state index >= 15 is 0 Å². The van der Waals surface area contributed by atoms with E-state index in [-0.39, 0.29) is 6.03 Å². The molecule has 2 amide bonds. The molecule has 1 atom stereocenters. The van der Waals surface area contributed by atoms with Crippen molar-refractivity contribution in [1.29, 1.82) is 0 Å². The summed E-state index contributed by atoms with van der Waals surface area (Å²) in [6.45, 7) is 3.85. The molecule has 25 heavy (non-hydrogen) atoms. The fraction of sp³-hybridized carbons (Fsp3) is 0.842. The van der Waals surface area contributed by atoms with Gasteiger partial charge >= 0.3 is 6.03 Å². The van der Waals surface area contributed by atoms with Crippen LogP contribution in [0.4, 0.5) is 4.79 Å². The maximum absolute atomic E-state index is 12.3. The van der Waals surface area contributed by atoms with Gasteiger partial charge in [-0.3, -0.25) is 0 Å². The third-order valence-electron chi connectivity index (χ3n) is 5.72. The van der Waals surface area contributed by atoms with Crippen molar-refractivity contribution in [3.63, 3.8) is 0 Å². The van der Waals surface area contributed by atoms with Crippen LogP contribution in [0.5, 0.6) is 0 Å². The summed E-state index contributed by atoms with van der Waals surface area (Å²) < 4.78 is 2.25. The van der Waals surface area contributed by atoms with E-state index in [1.165, 1.54) is 51.4 Å². The molecule has 2 aliphatic rings. The Morgan fingerprint density at radius 3 is 2.88 bits per heavy atom. The van der Waals surface area contributed by atoms with Crippen LogP contribution in [-0.4, -0.2) is 33.4 Å². The van der Waals surface area contributed by atoms with Crippen LogP contribution in [-0.2, 0) is 19.4 Å². The maximum Gasteiger partial charge on any atom is 0.315 e. The predicted molar refractivity (Wildman–Crippen MR) is 98.5 cm³/mol. The molecule has 0 unspecified atom stereocenters. The van der Waals surface area contributed by atoms with Crippen LogP contribution in [0.3, 0.4) is 0 Å². The van der Waals surface area contributed by atoms with E-state index < -0.39 is 0 Å². The molecule has 6 nitrogen and oxygen atoms in total. The van der Waals surface area contributed by atoms with Crippen LogP contribution >= 0.6 is 0 Å². The van der Waals surface area contributed by atoms with Crippen LogP contribution in [0.1, 0.15) is 76.4 Å². The topological polar surface area (TPSA) is 71.8 Å². The molecule has 1 aliphatic carbocycles. The van der Waals surface area contributed by atoms with E-state index in [9.17, 15) is 4.79 Å². The monoisotopic (exact) mass is 347 g/mol. The van der Waals surface area contributed by atoms with Gasteiger partial charge in [-0.1, -0.05) is 32.6 Å². The highest BCUT2D eigenvalue weighted by atomic mass is 16.2. The second-order valence-electron chi connectivity index (χ2n) is 7.58. The van der Waals surface area contributed by atoms with E-state index in [2.05, 4.69) is 32.3 Å². The largest absolute Gasteiger partial charge is 0.338 e. The number of aromatic nitrogens is 3. The molecule has 0 spiro atoms. The molecular weight excluding hydrogens is 314 g/mol. The zero-order valence-corrected chi connectivity index (χ0v) is 15.6. The minimum absolute atomic E-state index is 0.0244. The van der Waals surface area contributed by atoms with Gasteiger partial charge in [0.1, 0.15) is 11.6 Å². The fourth-order valence-electron chi connectivity index (χ4n) is 3.93. The Morgan fingerprint density at radius 1 is 1.24 bits per heavy atom. The summed E-state index contributed by atoms with van der Waals surface area (Å²) in [6.07, 6.45) is 12.8. The Hall–Kier alpha value is -1.59. The molecule has 2 heterocycles. The molecule has 140 valence electrons.